The number of rotatable bonds is 8. The molecule has 0 saturated carbocycles. The lowest BCUT2D eigenvalue weighted by molar-refractivity contribution is -0.146. The first-order chi connectivity index (χ1) is 14.5. The van der Waals surface area contributed by atoms with Gasteiger partial charge in [-0.3, -0.25) is 14.6 Å². The Balaban J connectivity index is 2.07. The molecule has 0 amide bonds. The zero-order valence-electron chi connectivity index (χ0n) is 18.3. The fourth-order valence-corrected chi connectivity index (χ4v) is 4.23. The number of esters is 1. The van der Waals surface area contributed by atoms with Gasteiger partial charge in [0.25, 0.3) is 0 Å². The molecule has 1 heterocycles. The molecule has 0 bridgehead atoms. The van der Waals surface area contributed by atoms with Crippen LogP contribution < -0.4 is 9.47 Å². The Morgan fingerprint density at radius 1 is 1.20 bits per heavy atom. The molecule has 1 aromatic carbocycles. The summed E-state index contributed by atoms with van der Waals surface area (Å²) in [5.41, 5.74) is 2.99. The predicted molar refractivity (Wildman–Crippen MR) is 115 cm³/mol. The van der Waals surface area contributed by atoms with Crippen molar-refractivity contribution in [1.29, 1.82) is 0 Å². The molecule has 0 N–H and O–H groups in total. The van der Waals surface area contributed by atoms with Crippen molar-refractivity contribution < 1.29 is 23.8 Å². The van der Waals surface area contributed by atoms with Gasteiger partial charge in [0.05, 0.1) is 20.3 Å². The summed E-state index contributed by atoms with van der Waals surface area (Å²) >= 11 is 0. The summed E-state index contributed by atoms with van der Waals surface area (Å²) in [5.74, 6) is -0.0901. The molecular weight excluding hydrogens is 382 g/mol. The number of carbonyl (C=O) groups is 2. The molecule has 0 radical (unpaired) electrons. The summed E-state index contributed by atoms with van der Waals surface area (Å²) in [7, 11) is 1.59. The molecule has 2 aliphatic rings. The maximum absolute atomic E-state index is 13.1. The third kappa shape index (κ3) is 4.42. The first-order valence-electron chi connectivity index (χ1n) is 10.8. The van der Waals surface area contributed by atoms with E-state index in [2.05, 4.69) is 4.99 Å². The minimum Gasteiger partial charge on any atom is -0.493 e. The number of allylic oxidation sites excluding steroid dienone is 2. The number of benzene rings is 1. The second kappa shape index (κ2) is 9.92. The van der Waals surface area contributed by atoms with E-state index in [0.717, 1.165) is 36.9 Å². The van der Waals surface area contributed by atoms with Crippen molar-refractivity contribution in [3.63, 3.8) is 0 Å². The van der Waals surface area contributed by atoms with E-state index >= 15 is 0 Å². The van der Waals surface area contributed by atoms with Gasteiger partial charge in [0, 0.05) is 29.3 Å². The van der Waals surface area contributed by atoms with E-state index in [4.69, 9.17) is 14.2 Å². The minimum atomic E-state index is -0.620. The van der Waals surface area contributed by atoms with Crippen molar-refractivity contribution in [3.8, 4) is 11.5 Å². The number of methoxy groups -OCH3 is 1. The summed E-state index contributed by atoms with van der Waals surface area (Å²) in [6, 6.07) is 5.62. The van der Waals surface area contributed by atoms with E-state index in [0.29, 0.717) is 42.4 Å². The van der Waals surface area contributed by atoms with Gasteiger partial charge in [-0.15, -0.1) is 0 Å². The zero-order chi connectivity index (χ0) is 21.7. The van der Waals surface area contributed by atoms with Crippen LogP contribution in [0.4, 0.5) is 0 Å². The van der Waals surface area contributed by atoms with E-state index in [1.807, 2.05) is 39.0 Å². The molecule has 6 nitrogen and oxygen atoms in total. The molecule has 162 valence electrons. The maximum atomic E-state index is 13.1. The number of nitrogens with zero attached hydrogens (tertiary/aromatic N) is 1. The van der Waals surface area contributed by atoms with Gasteiger partial charge in [-0.1, -0.05) is 19.4 Å². The van der Waals surface area contributed by atoms with Gasteiger partial charge in [0.2, 0.25) is 0 Å². The Bertz CT molecular complexity index is 870. The molecular formula is C24H31NO5. The zero-order valence-corrected chi connectivity index (χ0v) is 18.3. The average Bonchev–Trinajstić information content (AvgIpc) is 2.73. The highest BCUT2D eigenvalue weighted by molar-refractivity contribution is 6.08. The number of unbranched alkanes of at least 4 members (excludes halogenated alkanes) is 1. The monoisotopic (exact) mass is 413 g/mol. The van der Waals surface area contributed by atoms with Crippen LogP contribution in [-0.4, -0.2) is 37.8 Å². The van der Waals surface area contributed by atoms with Crippen molar-refractivity contribution in [2.24, 2.45) is 10.9 Å². The smallest absolute Gasteiger partial charge is 0.315 e. The third-order valence-electron chi connectivity index (χ3n) is 5.68. The molecule has 1 aromatic rings. The van der Waals surface area contributed by atoms with Crippen molar-refractivity contribution in [1.82, 2.24) is 0 Å². The van der Waals surface area contributed by atoms with E-state index in [1.165, 1.54) is 0 Å². The minimum absolute atomic E-state index is 0.0664. The molecule has 0 spiro atoms. The van der Waals surface area contributed by atoms with Crippen molar-refractivity contribution in [2.75, 3.05) is 20.3 Å². The van der Waals surface area contributed by atoms with E-state index in [1.54, 1.807) is 7.11 Å². The van der Waals surface area contributed by atoms with Crippen LogP contribution in [0.1, 0.15) is 64.4 Å². The summed E-state index contributed by atoms with van der Waals surface area (Å²) in [5, 5.41) is 0. The van der Waals surface area contributed by atoms with Crippen LogP contribution in [0.25, 0.3) is 0 Å². The number of ether oxygens (including phenoxy) is 3. The van der Waals surface area contributed by atoms with Crippen molar-refractivity contribution in [3.05, 3.63) is 35.0 Å². The first-order valence-corrected chi connectivity index (χ1v) is 10.8. The fourth-order valence-electron chi connectivity index (χ4n) is 4.23. The Hall–Kier alpha value is -2.63. The summed E-state index contributed by atoms with van der Waals surface area (Å²) in [6.07, 6.45) is 3.77. The molecule has 0 fully saturated rings. The molecule has 6 heteroatoms. The Labute approximate surface area is 178 Å². The van der Waals surface area contributed by atoms with Crippen molar-refractivity contribution >= 4 is 17.5 Å². The molecule has 1 aliphatic carbocycles. The molecule has 0 aromatic heterocycles. The number of carbonyl (C=O) groups excluding carboxylic acids is 2. The lowest BCUT2D eigenvalue weighted by Crippen LogP contribution is -2.37. The fraction of sp³-hybridized carbons (Fsp3) is 0.542. The number of hydrogen-bond acceptors (Lipinski definition) is 6. The molecule has 2 atom stereocenters. The van der Waals surface area contributed by atoms with Crippen LogP contribution in [0.15, 0.2) is 34.5 Å². The maximum Gasteiger partial charge on any atom is 0.315 e. The topological polar surface area (TPSA) is 74.2 Å². The number of Topliss-reactive ketones (excluding diaryl/α,β-unsaturated/α-hetero) is 1. The van der Waals surface area contributed by atoms with Crippen LogP contribution in [0.5, 0.6) is 11.5 Å². The lowest BCUT2D eigenvalue weighted by atomic mass is 9.71. The van der Waals surface area contributed by atoms with Gasteiger partial charge < -0.3 is 14.2 Å². The summed E-state index contributed by atoms with van der Waals surface area (Å²) in [6.45, 7) is 6.71. The number of ketones is 1. The quantitative estimate of drug-likeness (QED) is 0.459. The molecule has 3 rings (SSSR count). The van der Waals surface area contributed by atoms with Gasteiger partial charge in [-0.05, 0) is 50.8 Å². The highest BCUT2D eigenvalue weighted by Crippen LogP contribution is 2.45. The van der Waals surface area contributed by atoms with Crippen LogP contribution in [0.2, 0.25) is 0 Å². The normalized spacial score (nSPS) is 21.1. The predicted octanol–water partition coefficient (Wildman–Crippen LogP) is 4.62. The lowest BCUT2D eigenvalue weighted by Gasteiger charge is -2.34. The highest BCUT2D eigenvalue weighted by Gasteiger charge is 2.43. The van der Waals surface area contributed by atoms with Crippen molar-refractivity contribution in [2.45, 2.75) is 58.8 Å². The SMILES string of the molecule is CCCCOC(=O)C1C(C)=NC2=C(C(=O)CCC2)[C@H]1c1ccc(OCC)c(OC)c1. The van der Waals surface area contributed by atoms with Gasteiger partial charge in [0.15, 0.2) is 17.3 Å². The summed E-state index contributed by atoms with van der Waals surface area (Å²) in [4.78, 5) is 30.7. The number of aliphatic imine (C=N–C) groups is 1. The van der Waals surface area contributed by atoms with Crippen LogP contribution in [-0.2, 0) is 14.3 Å². The van der Waals surface area contributed by atoms with Gasteiger partial charge in [-0.25, -0.2) is 0 Å². The third-order valence-corrected chi connectivity index (χ3v) is 5.68. The Morgan fingerprint density at radius 3 is 2.70 bits per heavy atom. The van der Waals surface area contributed by atoms with E-state index in [9.17, 15) is 9.59 Å². The first kappa shape index (κ1) is 22.1. The van der Waals surface area contributed by atoms with E-state index in [-0.39, 0.29) is 11.8 Å². The molecule has 1 unspecified atom stereocenters. The average molecular weight is 414 g/mol. The van der Waals surface area contributed by atoms with Gasteiger partial charge in [-0.2, -0.15) is 0 Å². The standard InChI is InChI=1S/C24H31NO5/c1-5-7-13-30-24(27)21-15(3)25-17-9-8-10-18(26)23(17)22(21)16-11-12-19(29-6-2)20(14-16)28-4/h11-12,14,21-22H,5-10,13H2,1-4H3/t21?,22-/m0/s1. The highest BCUT2D eigenvalue weighted by atomic mass is 16.5. The van der Waals surface area contributed by atoms with Crippen LogP contribution in [0.3, 0.4) is 0 Å². The second-order valence-corrected chi connectivity index (χ2v) is 7.71. The molecule has 0 saturated heterocycles. The van der Waals surface area contributed by atoms with E-state index < -0.39 is 11.8 Å². The van der Waals surface area contributed by atoms with Gasteiger partial charge >= 0.3 is 5.97 Å². The van der Waals surface area contributed by atoms with Crippen LogP contribution in [0, 0.1) is 5.92 Å². The Morgan fingerprint density at radius 2 is 2.00 bits per heavy atom. The largest absolute Gasteiger partial charge is 0.493 e. The molecule has 1 aliphatic heterocycles. The van der Waals surface area contributed by atoms with Gasteiger partial charge in [0.1, 0.15) is 5.92 Å². The second-order valence-electron chi connectivity index (χ2n) is 7.71. The summed E-state index contributed by atoms with van der Waals surface area (Å²) < 4.78 is 16.7. The Kier molecular flexibility index (Phi) is 7.29. The molecule has 30 heavy (non-hydrogen) atoms. The number of hydrogen-bond donors (Lipinski definition) is 0. The van der Waals surface area contributed by atoms with Crippen LogP contribution >= 0.6 is 0 Å².